The van der Waals surface area contributed by atoms with E-state index in [1.807, 2.05) is 0 Å². The maximum Gasteiger partial charge on any atom is 0.411 e. The van der Waals surface area contributed by atoms with Crippen molar-refractivity contribution in [2.24, 2.45) is 5.92 Å². The normalized spacial score (nSPS) is 34.8. The van der Waals surface area contributed by atoms with Gasteiger partial charge in [0.25, 0.3) is 0 Å². The van der Waals surface area contributed by atoms with Gasteiger partial charge in [-0.2, -0.15) is 0 Å². The Labute approximate surface area is 105 Å². The van der Waals surface area contributed by atoms with Crippen LogP contribution in [0, 0.1) is 5.92 Å². The van der Waals surface area contributed by atoms with Crippen molar-refractivity contribution >= 4 is 12.1 Å². The van der Waals surface area contributed by atoms with Crippen LogP contribution in [0.3, 0.4) is 0 Å². The SMILES string of the molecule is CC(C)(C)OC(=O)N1C2CC(F)C(C2)C1C(=O)O. The molecule has 18 heavy (non-hydrogen) atoms. The van der Waals surface area contributed by atoms with Gasteiger partial charge in [-0.3, -0.25) is 4.90 Å². The number of fused-ring (bicyclic) bond motifs is 2. The molecule has 0 aromatic rings. The second-order valence-electron chi connectivity index (χ2n) is 5.98. The molecular formula is C12H18FNO4. The highest BCUT2D eigenvalue weighted by atomic mass is 19.1. The molecule has 2 rings (SSSR count). The highest BCUT2D eigenvalue weighted by Crippen LogP contribution is 2.44. The molecule has 1 saturated heterocycles. The van der Waals surface area contributed by atoms with Crippen molar-refractivity contribution in [2.75, 3.05) is 0 Å². The monoisotopic (exact) mass is 259 g/mol. The van der Waals surface area contributed by atoms with Crippen molar-refractivity contribution < 1.29 is 23.8 Å². The van der Waals surface area contributed by atoms with Crippen molar-refractivity contribution in [3.8, 4) is 0 Å². The van der Waals surface area contributed by atoms with Gasteiger partial charge in [0, 0.05) is 12.0 Å². The molecule has 1 saturated carbocycles. The molecule has 1 aliphatic carbocycles. The minimum atomic E-state index is -1.16. The van der Waals surface area contributed by atoms with Crippen LogP contribution in [0.25, 0.3) is 0 Å². The molecule has 1 amide bonds. The van der Waals surface area contributed by atoms with E-state index in [1.54, 1.807) is 20.8 Å². The molecule has 2 fully saturated rings. The van der Waals surface area contributed by atoms with E-state index < -0.39 is 35.8 Å². The lowest BCUT2D eigenvalue weighted by Gasteiger charge is -2.35. The van der Waals surface area contributed by atoms with E-state index in [1.165, 1.54) is 4.90 Å². The first kappa shape index (κ1) is 13.1. The lowest BCUT2D eigenvalue weighted by molar-refractivity contribution is -0.146. The van der Waals surface area contributed by atoms with E-state index >= 15 is 0 Å². The van der Waals surface area contributed by atoms with Gasteiger partial charge in [0.1, 0.15) is 17.8 Å². The molecule has 1 N–H and O–H groups in total. The van der Waals surface area contributed by atoms with Gasteiger partial charge in [-0.25, -0.2) is 14.0 Å². The first-order chi connectivity index (χ1) is 8.20. The van der Waals surface area contributed by atoms with Crippen molar-refractivity contribution in [3.05, 3.63) is 0 Å². The van der Waals surface area contributed by atoms with Crippen LogP contribution in [0.15, 0.2) is 0 Å². The average Bonchev–Trinajstić information content (AvgIpc) is 2.69. The number of piperidine rings is 1. The van der Waals surface area contributed by atoms with Gasteiger partial charge >= 0.3 is 12.1 Å². The summed E-state index contributed by atoms with van der Waals surface area (Å²) in [7, 11) is 0. The molecule has 1 aliphatic heterocycles. The minimum Gasteiger partial charge on any atom is -0.480 e. The fourth-order valence-electron chi connectivity index (χ4n) is 2.86. The van der Waals surface area contributed by atoms with Crippen LogP contribution in [0.2, 0.25) is 0 Å². The third kappa shape index (κ3) is 2.15. The molecule has 4 atom stereocenters. The highest BCUT2D eigenvalue weighted by Gasteiger charge is 2.57. The molecule has 2 aliphatic rings. The number of carboxylic acid groups (broad SMARTS) is 1. The molecule has 0 radical (unpaired) electrons. The third-order valence-electron chi connectivity index (χ3n) is 3.46. The van der Waals surface area contributed by atoms with E-state index in [-0.39, 0.29) is 12.5 Å². The quantitative estimate of drug-likeness (QED) is 0.779. The topological polar surface area (TPSA) is 66.8 Å². The zero-order chi connectivity index (χ0) is 13.7. The summed E-state index contributed by atoms with van der Waals surface area (Å²) < 4.78 is 18.8. The van der Waals surface area contributed by atoms with Crippen LogP contribution in [0.1, 0.15) is 33.6 Å². The first-order valence-electron chi connectivity index (χ1n) is 6.09. The molecule has 0 spiro atoms. The first-order valence-corrected chi connectivity index (χ1v) is 6.09. The molecular weight excluding hydrogens is 241 g/mol. The predicted molar refractivity (Wildman–Crippen MR) is 60.9 cm³/mol. The summed E-state index contributed by atoms with van der Waals surface area (Å²) >= 11 is 0. The lowest BCUT2D eigenvalue weighted by Crippen LogP contribution is -2.53. The van der Waals surface area contributed by atoms with Crippen molar-refractivity contribution in [3.63, 3.8) is 0 Å². The molecule has 2 bridgehead atoms. The van der Waals surface area contributed by atoms with E-state index in [4.69, 9.17) is 9.84 Å². The van der Waals surface area contributed by atoms with Gasteiger partial charge in [0.2, 0.25) is 0 Å². The largest absolute Gasteiger partial charge is 0.480 e. The Morgan fingerprint density at radius 3 is 2.44 bits per heavy atom. The van der Waals surface area contributed by atoms with E-state index in [9.17, 15) is 14.0 Å². The van der Waals surface area contributed by atoms with Crippen LogP contribution in [-0.4, -0.2) is 45.9 Å². The van der Waals surface area contributed by atoms with Crippen LogP contribution >= 0.6 is 0 Å². The Hall–Kier alpha value is -1.33. The summed E-state index contributed by atoms with van der Waals surface area (Å²) in [5.74, 6) is -1.75. The number of ether oxygens (including phenoxy) is 1. The number of aliphatic carboxylic acids is 1. The lowest BCUT2D eigenvalue weighted by atomic mass is 9.97. The molecule has 102 valence electrons. The fraction of sp³-hybridized carbons (Fsp3) is 0.833. The summed E-state index contributed by atoms with van der Waals surface area (Å²) in [5.41, 5.74) is -0.683. The zero-order valence-electron chi connectivity index (χ0n) is 10.7. The van der Waals surface area contributed by atoms with E-state index in [0.717, 1.165) is 0 Å². The number of carboxylic acids is 1. The average molecular weight is 259 g/mol. The number of amides is 1. The van der Waals surface area contributed by atoms with Gasteiger partial charge in [-0.15, -0.1) is 0 Å². The van der Waals surface area contributed by atoms with Crippen molar-refractivity contribution in [1.29, 1.82) is 0 Å². The molecule has 0 aromatic heterocycles. The van der Waals surface area contributed by atoms with Crippen LogP contribution in [0.4, 0.5) is 9.18 Å². The summed E-state index contributed by atoms with van der Waals surface area (Å²) in [4.78, 5) is 24.4. The fourth-order valence-corrected chi connectivity index (χ4v) is 2.86. The minimum absolute atomic E-state index is 0.216. The van der Waals surface area contributed by atoms with Gasteiger partial charge in [0.05, 0.1) is 0 Å². The number of carbonyl (C=O) groups is 2. The number of alkyl halides is 1. The predicted octanol–water partition coefficient (Wildman–Crippen LogP) is 1.81. The Bertz CT molecular complexity index is 379. The number of hydrogen-bond donors (Lipinski definition) is 1. The van der Waals surface area contributed by atoms with Crippen molar-refractivity contribution in [1.82, 2.24) is 4.90 Å². The number of hydrogen-bond acceptors (Lipinski definition) is 3. The summed E-state index contributed by atoms with van der Waals surface area (Å²) in [6.07, 6.45) is -1.16. The second-order valence-corrected chi connectivity index (χ2v) is 5.98. The molecule has 0 aromatic carbocycles. The van der Waals surface area contributed by atoms with E-state index in [2.05, 4.69) is 0 Å². The third-order valence-corrected chi connectivity index (χ3v) is 3.46. The Kier molecular flexibility index (Phi) is 2.99. The molecule has 4 unspecified atom stereocenters. The maximum atomic E-state index is 13.6. The zero-order valence-corrected chi connectivity index (χ0v) is 10.7. The van der Waals surface area contributed by atoms with Gasteiger partial charge < -0.3 is 9.84 Å². The standard InChI is InChI=1S/C12H18FNO4/c1-12(2,3)18-11(17)14-6-4-7(8(13)5-6)9(14)10(15)16/h6-9H,4-5H2,1-3H3,(H,15,16). The molecule has 6 heteroatoms. The van der Waals surface area contributed by atoms with Crippen LogP contribution in [-0.2, 0) is 9.53 Å². The number of halogens is 1. The maximum absolute atomic E-state index is 13.6. The van der Waals surface area contributed by atoms with Gasteiger partial charge in [-0.1, -0.05) is 0 Å². The summed E-state index contributed by atoms with van der Waals surface area (Å²) in [5, 5.41) is 9.15. The number of carbonyl (C=O) groups excluding carboxylic acids is 1. The van der Waals surface area contributed by atoms with Crippen molar-refractivity contribution in [2.45, 2.75) is 57.5 Å². The Morgan fingerprint density at radius 2 is 1.94 bits per heavy atom. The molecule has 5 nitrogen and oxygen atoms in total. The number of rotatable bonds is 1. The second kappa shape index (κ2) is 4.10. The number of nitrogens with zero attached hydrogens (tertiary/aromatic N) is 1. The Morgan fingerprint density at radius 1 is 1.33 bits per heavy atom. The summed E-state index contributed by atoms with van der Waals surface area (Å²) in [6, 6.07) is -1.44. The van der Waals surface area contributed by atoms with Crippen LogP contribution < -0.4 is 0 Å². The smallest absolute Gasteiger partial charge is 0.411 e. The van der Waals surface area contributed by atoms with Gasteiger partial charge in [-0.05, 0) is 33.6 Å². The summed E-state index contributed by atoms with van der Waals surface area (Å²) in [6.45, 7) is 5.15. The Balaban J connectivity index is 2.17. The number of likely N-dealkylation sites (tertiary alicyclic amines) is 1. The van der Waals surface area contributed by atoms with E-state index in [0.29, 0.717) is 6.42 Å². The van der Waals surface area contributed by atoms with Crippen LogP contribution in [0.5, 0.6) is 0 Å². The molecule has 1 heterocycles. The van der Waals surface area contributed by atoms with Gasteiger partial charge in [0.15, 0.2) is 0 Å². The highest BCUT2D eigenvalue weighted by molar-refractivity contribution is 5.82.